The Kier molecular flexibility index (Phi) is 4.29. The standard InChI is InChI=1S/C12H15BrN4S/c1-4-8-9(13)10(14-5-2)17-11(16-8)12-15-7(3)6-18-12/h6H,4-5H2,1-3H3,(H,14,16,17). The SMILES string of the molecule is CCNc1nc(-c2nc(C)cs2)nc(CC)c1Br. The Hall–Kier alpha value is -1.01. The second kappa shape index (κ2) is 5.75. The normalized spacial score (nSPS) is 10.7. The summed E-state index contributed by atoms with van der Waals surface area (Å²) in [4.78, 5) is 13.5. The maximum absolute atomic E-state index is 4.57. The second-order valence-corrected chi connectivity index (χ2v) is 5.49. The van der Waals surface area contributed by atoms with E-state index in [-0.39, 0.29) is 0 Å². The van der Waals surface area contributed by atoms with Crippen LogP contribution in [0.3, 0.4) is 0 Å². The molecule has 0 aromatic carbocycles. The minimum atomic E-state index is 0.698. The Morgan fingerprint density at radius 1 is 1.28 bits per heavy atom. The number of anilines is 1. The summed E-state index contributed by atoms with van der Waals surface area (Å²) in [7, 11) is 0. The molecule has 0 aliphatic rings. The zero-order valence-corrected chi connectivity index (χ0v) is 13.0. The number of aromatic nitrogens is 3. The van der Waals surface area contributed by atoms with E-state index in [4.69, 9.17) is 0 Å². The zero-order chi connectivity index (χ0) is 13.1. The highest BCUT2D eigenvalue weighted by Crippen LogP contribution is 2.28. The van der Waals surface area contributed by atoms with Gasteiger partial charge in [0.15, 0.2) is 10.8 Å². The van der Waals surface area contributed by atoms with Crippen molar-refractivity contribution < 1.29 is 0 Å². The highest BCUT2D eigenvalue weighted by atomic mass is 79.9. The van der Waals surface area contributed by atoms with Crippen molar-refractivity contribution in [1.82, 2.24) is 15.0 Å². The number of hydrogen-bond donors (Lipinski definition) is 1. The van der Waals surface area contributed by atoms with Crippen molar-refractivity contribution in [1.29, 1.82) is 0 Å². The average molecular weight is 327 g/mol. The molecule has 0 bridgehead atoms. The Labute approximate surface area is 119 Å². The van der Waals surface area contributed by atoms with Crippen LogP contribution in [0.25, 0.3) is 10.8 Å². The van der Waals surface area contributed by atoms with Gasteiger partial charge in [0.1, 0.15) is 5.82 Å². The van der Waals surface area contributed by atoms with Crippen molar-refractivity contribution >= 4 is 33.1 Å². The van der Waals surface area contributed by atoms with Gasteiger partial charge < -0.3 is 5.32 Å². The summed E-state index contributed by atoms with van der Waals surface area (Å²) in [6.45, 7) is 6.94. The second-order valence-electron chi connectivity index (χ2n) is 3.83. The van der Waals surface area contributed by atoms with Gasteiger partial charge in [-0.2, -0.15) is 0 Å². The lowest BCUT2D eigenvalue weighted by molar-refractivity contribution is 0.981. The number of nitrogens with one attached hydrogen (secondary N) is 1. The molecular formula is C12H15BrN4S. The lowest BCUT2D eigenvalue weighted by Gasteiger charge is -2.10. The first-order valence-electron chi connectivity index (χ1n) is 5.88. The van der Waals surface area contributed by atoms with Crippen molar-refractivity contribution in [2.24, 2.45) is 0 Å². The lowest BCUT2D eigenvalue weighted by Crippen LogP contribution is -2.05. The number of rotatable bonds is 4. The van der Waals surface area contributed by atoms with Gasteiger partial charge in [0.25, 0.3) is 0 Å². The largest absolute Gasteiger partial charge is 0.369 e. The van der Waals surface area contributed by atoms with Crippen LogP contribution in [0.15, 0.2) is 9.85 Å². The van der Waals surface area contributed by atoms with E-state index in [2.05, 4.69) is 43.1 Å². The fraction of sp³-hybridized carbons (Fsp3) is 0.417. The molecular weight excluding hydrogens is 312 g/mol. The molecule has 0 saturated carbocycles. The molecule has 4 nitrogen and oxygen atoms in total. The molecule has 0 radical (unpaired) electrons. The fourth-order valence-electron chi connectivity index (χ4n) is 1.56. The van der Waals surface area contributed by atoms with Crippen LogP contribution in [-0.2, 0) is 6.42 Å². The maximum Gasteiger partial charge on any atom is 0.191 e. The number of aryl methyl sites for hydroxylation is 2. The summed E-state index contributed by atoms with van der Waals surface area (Å²) in [5, 5.41) is 6.13. The Morgan fingerprint density at radius 2 is 2.06 bits per heavy atom. The molecule has 0 aliphatic heterocycles. The first-order valence-corrected chi connectivity index (χ1v) is 7.55. The summed E-state index contributed by atoms with van der Waals surface area (Å²) < 4.78 is 0.948. The molecule has 0 spiro atoms. The number of thiazole rings is 1. The van der Waals surface area contributed by atoms with E-state index in [1.54, 1.807) is 11.3 Å². The van der Waals surface area contributed by atoms with Gasteiger partial charge in [-0.1, -0.05) is 6.92 Å². The fourth-order valence-corrected chi connectivity index (χ4v) is 2.89. The van der Waals surface area contributed by atoms with Crippen molar-refractivity contribution in [3.05, 3.63) is 21.2 Å². The monoisotopic (exact) mass is 326 g/mol. The Morgan fingerprint density at radius 3 is 2.61 bits per heavy atom. The van der Waals surface area contributed by atoms with Crippen LogP contribution in [0.2, 0.25) is 0 Å². The van der Waals surface area contributed by atoms with E-state index in [1.807, 2.05) is 19.2 Å². The van der Waals surface area contributed by atoms with Crippen LogP contribution < -0.4 is 5.32 Å². The third-order valence-electron chi connectivity index (χ3n) is 2.41. The third kappa shape index (κ3) is 2.70. The van der Waals surface area contributed by atoms with E-state index in [1.165, 1.54) is 0 Å². The third-order valence-corrected chi connectivity index (χ3v) is 4.20. The summed E-state index contributed by atoms with van der Waals surface area (Å²) in [6, 6.07) is 0. The Balaban J connectivity index is 2.51. The van der Waals surface area contributed by atoms with Gasteiger partial charge in [-0.25, -0.2) is 15.0 Å². The molecule has 2 heterocycles. The highest BCUT2D eigenvalue weighted by molar-refractivity contribution is 9.10. The van der Waals surface area contributed by atoms with E-state index >= 15 is 0 Å². The van der Waals surface area contributed by atoms with Crippen molar-refractivity contribution in [2.75, 3.05) is 11.9 Å². The summed E-state index contributed by atoms with van der Waals surface area (Å²) in [5.41, 5.74) is 2.01. The molecule has 2 rings (SSSR count). The predicted octanol–water partition coefficient (Wildman–Crippen LogP) is 3.67. The van der Waals surface area contributed by atoms with Crippen LogP contribution >= 0.6 is 27.3 Å². The van der Waals surface area contributed by atoms with Crippen LogP contribution in [0.4, 0.5) is 5.82 Å². The molecule has 6 heteroatoms. The smallest absolute Gasteiger partial charge is 0.191 e. The zero-order valence-electron chi connectivity index (χ0n) is 10.6. The molecule has 0 fully saturated rings. The van der Waals surface area contributed by atoms with Gasteiger partial charge in [0.05, 0.1) is 10.2 Å². The summed E-state index contributed by atoms with van der Waals surface area (Å²) in [5.74, 6) is 1.54. The van der Waals surface area contributed by atoms with Gasteiger partial charge in [0, 0.05) is 17.6 Å². The molecule has 18 heavy (non-hydrogen) atoms. The molecule has 0 atom stereocenters. The van der Waals surface area contributed by atoms with Crippen LogP contribution in [0, 0.1) is 6.92 Å². The van der Waals surface area contributed by atoms with Crippen LogP contribution in [-0.4, -0.2) is 21.5 Å². The van der Waals surface area contributed by atoms with Gasteiger partial charge in [-0.05, 0) is 36.2 Å². The van der Waals surface area contributed by atoms with Crippen molar-refractivity contribution in [3.8, 4) is 10.8 Å². The first-order chi connectivity index (χ1) is 8.65. The van der Waals surface area contributed by atoms with E-state index < -0.39 is 0 Å². The minimum Gasteiger partial charge on any atom is -0.369 e. The predicted molar refractivity (Wildman–Crippen MR) is 79.1 cm³/mol. The molecule has 1 N–H and O–H groups in total. The molecule has 2 aromatic heterocycles. The molecule has 0 amide bonds. The number of halogens is 1. The topological polar surface area (TPSA) is 50.7 Å². The van der Waals surface area contributed by atoms with Crippen molar-refractivity contribution in [2.45, 2.75) is 27.2 Å². The maximum atomic E-state index is 4.57. The van der Waals surface area contributed by atoms with Crippen molar-refractivity contribution in [3.63, 3.8) is 0 Å². The van der Waals surface area contributed by atoms with E-state index in [9.17, 15) is 0 Å². The Bertz CT molecular complexity index is 553. The molecule has 0 aliphatic carbocycles. The van der Waals surface area contributed by atoms with Gasteiger partial charge in [0.2, 0.25) is 0 Å². The number of nitrogens with zero attached hydrogens (tertiary/aromatic N) is 3. The van der Waals surface area contributed by atoms with Crippen LogP contribution in [0.5, 0.6) is 0 Å². The molecule has 96 valence electrons. The first kappa shape index (κ1) is 13.4. The minimum absolute atomic E-state index is 0.698. The molecule has 2 aromatic rings. The average Bonchev–Trinajstić information content (AvgIpc) is 2.79. The summed E-state index contributed by atoms with van der Waals surface area (Å²) >= 11 is 5.13. The van der Waals surface area contributed by atoms with Crippen LogP contribution in [0.1, 0.15) is 25.2 Å². The van der Waals surface area contributed by atoms with Gasteiger partial charge in [-0.15, -0.1) is 11.3 Å². The quantitative estimate of drug-likeness (QED) is 0.931. The highest BCUT2D eigenvalue weighted by Gasteiger charge is 2.13. The molecule has 0 unspecified atom stereocenters. The van der Waals surface area contributed by atoms with Gasteiger partial charge >= 0.3 is 0 Å². The molecule has 0 saturated heterocycles. The van der Waals surface area contributed by atoms with E-state index in [0.717, 1.165) is 39.7 Å². The summed E-state index contributed by atoms with van der Waals surface area (Å²) in [6.07, 6.45) is 0.860. The number of hydrogen-bond acceptors (Lipinski definition) is 5. The van der Waals surface area contributed by atoms with E-state index in [0.29, 0.717) is 5.82 Å². The lowest BCUT2D eigenvalue weighted by atomic mass is 10.3. The van der Waals surface area contributed by atoms with Gasteiger partial charge in [-0.3, -0.25) is 0 Å².